The molecule has 0 aromatic heterocycles. The number of ether oxygens (including phenoxy) is 4. The van der Waals surface area contributed by atoms with Crippen molar-refractivity contribution < 1.29 is 89.2 Å². The Balaban J connectivity index is 2.75. The molecule has 1 heterocycles. The van der Waals surface area contributed by atoms with E-state index in [2.05, 4.69) is 18.9 Å². The fraction of sp³-hybridized carbons (Fsp3) is 1.00. The average Bonchev–Trinajstić information content (AvgIpc) is 3.10. The van der Waals surface area contributed by atoms with E-state index in [9.17, 15) is 70.2 Å². The standard InChI is InChI=1S/C14H12F16O4/c15-6(16)7(17)34-8-32-4-5(33-8)3-31-2-1-9(18,19)10(20,21)11(22,23)12(24,25)13(26,27)14(28,29)30/h5-8H,1-4H2. The monoisotopic (exact) mass is 548 g/mol. The third-order valence-electron chi connectivity index (χ3n) is 4.02. The van der Waals surface area contributed by atoms with E-state index in [-0.39, 0.29) is 0 Å². The molecule has 1 saturated heterocycles. The Kier molecular flexibility index (Phi) is 9.04. The van der Waals surface area contributed by atoms with Gasteiger partial charge < -0.3 is 14.2 Å². The van der Waals surface area contributed by atoms with Crippen LogP contribution in [0.2, 0.25) is 0 Å². The second kappa shape index (κ2) is 10.00. The lowest BCUT2D eigenvalue weighted by molar-refractivity contribution is -0.440. The fourth-order valence-electron chi connectivity index (χ4n) is 2.12. The lowest BCUT2D eigenvalue weighted by atomic mass is 9.93. The SMILES string of the molecule is FC(F)C(F)OC1OCC(COCCC(F)(F)C(F)(F)C(F)(F)C(F)(F)C(F)(F)C(F)(F)F)O1. The molecule has 20 heteroatoms. The van der Waals surface area contributed by atoms with Gasteiger partial charge in [0, 0.05) is 6.42 Å². The first-order chi connectivity index (χ1) is 15.0. The van der Waals surface area contributed by atoms with Crippen LogP contribution in [0.3, 0.4) is 0 Å². The quantitative estimate of drug-likeness (QED) is 0.242. The maximum absolute atomic E-state index is 13.5. The summed E-state index contributed by atoms with van der Waals surface area (Å²) in [5.41, 5.74) is 0. The molecule has 0 bridgehead atoms. The smallest absolute Gasteiger partial charge is 0.378 e. The van der Waals surface area contributed by atoms with Crippen LogP contribution in [0.1, 0.15) is 6.42 Å². The summed E-state index contributed by atoms with van der Waals surface area (Å²) in [4.78, 5) is 0. The van der Waals surface area contributed by atoms with Gasteiger partial charge in [0.25, 0.3) is 19.3 Å². The van der Waals surface area contributed by atoms with E-state index >= 15 is 0 Å². The third kappa shape index (κ3) is 5.75. The van der Waals surface area contributed by atoms with Gasteiger partial charge in [0.05, 0.1) is 19.8 Å². The normalized spacial score (nSPS) is 22.5. The Hall–Kier alpha value is -1.28. The Labute approximate surface area is 178 Å². The van der Waals surface area contributed by atoms with Gasteiger partial charge in [0.2, 0.25) is 0 Å². The van der Waals surface area contributed by atoms with Crippen molar-refractivity contribution in [1.29, 1.82) is 0 Å². The average molecular weight is 548 g/mol. The molecule has 1 aliphatic rings. The van der Waals surface area contributed by atoms with E-state index in [4.69, 9.17) is 0 Å². The van der Waals surface area contributed by atoms with Gasteiger partial charge in [-0.15, -0.1) is 0 Å². The van der Waals surface area contributed by atoms with E-state index < -0.39 is 87.4 Å². The molecular weight excluding hydrogens is 536 g/mol. The van der Waals surface area contributed by atoms with Crippen LogP contribution >= 0.6 is 0 Å². The molecule has 0 spiro atoms. The zero-order chi connectivity index (χ0) is 27.0. The predicted octanol–water partition coefficient (Wildman–Crippen LogP) is 5.41. The molecule has 0 radical (unpaired) electrons. The van der Waals surface area contributed by atoms with E-state index in [0.29, 0.717) is 0 Å². The molecule has 0 amide bonds. The van der Waals surface area contributed by atoms with Crippen LogP contribution in [-0.2, 0) is 18.9 Å². The molecular formula is C14H12F16O4. The highest BCUT2D eigenvalue weighted by Crippen LogP contribution is 2.60. The molecule has 0 aliphatic carbocycles. The second-order valence-electron chi connectivity index (χ2n) is 6.53. The fourth-order valence-corrected chi connectivity index (χ4v) is 2.12. The first kappa shape index (κ1) is 30.8. The van der Waals surface area contributed by atoms with Crippen molar-refractivity contribution in [3.8, 4) is 0 Å². The van der Waals surface area contributed by atoms with Crippen LogP contribution in [-0.4, -0.2) is 81.0 Å². The van der Waals surface area contributed by atoms with Crippen molar-refractivity contribution in [3.63, 3.8) is 0 Å². The van der Waals surface area contributed by atoms with Gasteiger partial charge >= 0.3 is 35.8 Å². The largest absolute Gasteiger partial charge is 0.460 e. The molecule has 0 saturated carbocycles. The molecule has 1 rings (SSSR count). The molecule has 3 unspecified atom stereocenters. The third-order valence-corrected chi connectivity index (χ3v) is 4.02. The molecule has 204 valence electrons. The van der Waals surface area contributed by atoms with Crippen LogP contribution < -0.4 is 0 Å². The Morgan fingerprint density at radius 1 is 0.735 bits per heavy atom. The van der Waals surface area contributed by atoms with E-state index in [1.165, 1.54) is 0 Å². The summed E-state index contributed by atoms with van der Waals surface area (Å²) in [6.07, 6.45) is -18.3. The van der Waals surface area contributed by atoms with Crippen molar-refractivity contribution in [3.05, 3.63) is 0 Å². The van der Waals surface area contributed by atoms with Gasteiger partial charge in [-0.05, 0) is 0 Å². The lowest BCUT2D eigenvalue weighted by Crippen LogP contribution is -2.70. The van der Waals surface area contributed by atoms with Crippen LogP contribution in [0.4, 0.5) is 70.2 Å². The molecule has 0 aromatic rings. The Bertz CT molecular complexity index is 667. The number of hydrogen-bond donors (Lipinski definition) is 0. The predicted molar refractivity (Wildman–Crippen MR) is 72.8 cm³/mol. The summed E-state index contributed by atoms with van der Waals surface area (Å²) in [5.74, 6) is -37.5. The van der Waals surface area contributed by atoms with E-state index in [1.54, 1.807) is 0 Å². The van der Waals surface area contributed by atoms with Crippen molar-refractivity contribution >= 4 is 0 Å². The first-order valence-electron chi connectivity index (χ1n) is 8.41. The van der Waals surface area contributed by atoms with E-state index in [0.717, 1.165) is 0 Å². The van der Waals surface area contributed by atoms with Gasteiger partial charge in [0.1, 0.15) is 6.10 Å². The molecule has 0 aromatic carbocycles. The number of alkyl halides is 16. The Morgan fingerprint density at radius 2 is 1.24 bits per heavy atom. The summed E-state index contributed by atoms with van der Waals surface area (Å²) in [5, 5.41) is 0. The van der Waals surface area contributed by atoms with Crippen LogP contribution in [0.15, 0.2) is 0 Å². The number of rotatable bonds is 12. The minimum absolute atomic E-state index is 0.635. The van der Waals surface area contributed by atoms with E-state index in [1.807, 2.05) is 0 Å². The topological polar surface area (TPSA) is 36.9 Å². The van der Waals surface area contributed by atoms with Gasteiger partial charge in [-0.25, -0.2) is 13.2 Å². The summed E-state index contributed by atoms with van der Waals surface area (Å²) in [6, 6.07) is 0. The summed E-state index contributed by atoms with van der Waals surface area (Å²) >= 11 is 0. The first-order valence-corrected chi connectivity index (χ1v) is 8.41. The number of hydrogen-bond acceptors (Lipinski definition) is 4. The Morgan fingerprint density at radius 3 is 1.71 bits per heavy atom. The van der Waals surface area contributed by atoms with Crippen molar-refractivity contribution in [1.82, 2.24) is 0 Å². The van der Waals surface area contributed by atoms with Crippen molar-refractivity contribution in [2.45, 2.75) is 67.6 Å². The maximum atomic E-state index is 13.5. The highest BCUT2D eigenvalue weighted by atomic mass is 19.4. The van der Waals surface area contributed by atoms with Gasteiger partial charge in [-0.3, -0.25) is 4.74 Å². The van der Waals surface area contributed by atoms with Gasteiger partial charge in [-0.2, -0.15) is 57.1 Å². The summed E-state index contributed by atoms with van der Waals surface area (Å²) < 4.78 is 222. The maximum Gasteiger partial charge on any atom is 0.460 e. The summed E-state index contributed by atoms with van der Waals surface area (Å²) in [6.45, 7) is -5.33. The van der Waals surface area contributed by atoms with Crippen LogP contribution in [0, 0.1) is 0 Å². The molecule has 34 heavy (non-hydrogen) atoms. The number of halogens is 16. The van der Waals surface area contributed by atoms with Gasteiger partial charge in [-0.1, -0.05) is 0 Å². The zero-order valence-corrected chi connectivity index (χ0v) is 15.8. The van der Waals surface area contributed by atoms with Crippen molar-refractivity contribution in [2.75, 3.05) is 19.8 Å². The highest BCUT2D eigenvalue weighted by molar-refractivity contribution is 5.10. The summed E-state index contributed by atoms with van der Waals surface area (Å²) in [7, 11) is 0. The molecule has 0 N–H and O–H groups in total. The molecule has 3 atom stereocenters. The van der Waals surface area contributed by atoms with Crippen LogP contribution in [0.5, 0.6) is 0 Å². The van der Waals surface area contributed by atoms with Crippen LogP contribution in [0.25, 0.3) is 0 Å². The zero-order valence-electron chi connectivity index (χ0n) is 15.8. The highest BCUT2D eigenvalue weighted by Gasteiger charge is 2.90. The minimum Gasteiger partial charge on any atom is -0.378 e. The molecule has 1 fully saturated rings. The second-order valence-corrected chi connectivity index (χ2v) is 6.53. The lowest BCUT2D eigenvalue weighted by Gasteiger charge is -2.39. The van der Waals surface area contributed by atoms with Crippen molar-refractivity contribution in [2.24, 2.45) is 0 Å². The molecule has 4 nitrogen and oxygen atoms in total. The minimum atomic E-state index is -8.00. The molecule has 1 aliphatic heterocycles. The van der Waals surface area contributed by atoms with Gasteiger partial charge in [0.15, 0.2) is 0 Å².